The summed E-state index contributed by atoms with van der Waals surface area (Å²) in [6, 6.07) is 17.8. The molecule has 1 N–H and O–H groups in total. The van der Waals surface area contributed by atoms with Crippen molar-refractivity contribution in [3.05, 3.63) is 71.3 Å². The maximum Gasteiger partial charge on any atom is 0.254 e. The molecule has 1 spiro atoms. The molecule has 0 radical (unpaired) electrons. The van der Waals surface area contributed by atoms with E-state index in [2.05, 4.69) is 17.4 Å². The fourth-order valence-corrected chi connectivity index (χ4v) is 5.78. The molecule has 1 aliphatic carbocycles. The fraction of sp³-hybridized carbons (Fsp3) is 0.462. The number of fused-ring (bicyclic) bond motifs is 1. The lowest BCUT2D eigenvalue weighted by Crippen LogP contribution is -2.60. The van der Waals surface area contributed by atoms with E-state index in [1.54, 1.807) is 0 Å². The van der Waals surface area contributed by atoms with Crippen LogP contribution in [0.4, 0.5) is 0 Å². The third-order valence-electron chi connectivity index (χ3n) is 7.27. The first-order chi connectivity index (χ1) is 15.2. The van der Waals surface area contributed by atoms with Gasteiger partial charge >= 0.3 is 0 Å². The minimum Gasteiger partial charge on any atom is -0.376 e. The van der Waals surface area contributed by atoms with Crippen LogP contribution >= 0.6 is 0 Å². The molecule has 2 aromatic rings. The summed E-state index contributed by atoms with van der Waals surface area (Å²) in [7, 11) is 0. The monoisotopic (exact) mass is 418 g/mol. The van der Waals surface area contributed by atoms with Gasteiger partial charge in [-0.1, -0.05) is 61.4 Å². The number of amides is 2. The Morgan fingerprint density at radius 3 is 2.52 bits per heavy atom. The van der Waals surface area contributed by atoms with Crippen molar-refractivity contribution in [3.63, 3.8) is 0 Å². The normalized spacial score (nSPS) is 24.4. The van der Waals surface area contributed by atoms with Gasteiger partial charge in [0.25, 0.3) is 5.91 Å². The zero-order valence-electron chi connectivity index (χ0n) is 17.9. The number of ether oxygens (including phenoxy) is 1. The second-order valence-electron chi connectivity index (χ2n) is 9.09. The highest BCUT2D eigenvalue weighted by Gasteiger charge is 2.55. The molecule has 0 bridgehead atoms. The van der Waals surface area contributed by atoms with Gasteiger partial charge in [0.2, 0.25) is 5.91 Å². The molecule has 2 atom stereocenters. The molecular formula is C26H30N2O3. The SMILES string of the molecule is O=C(NC[C@H]1CCCO1)[C@H]1c2ccccc2C(=O)N(Cc2ccccc2)C12CCCC2. The van der Waals surface area contributed by atoms with Gasteiger partial charge in [0, 0.05) is 25.3 Å². The van der Waals surface area contributed by atoms with E-state index in [1.165, 1.54) is 0 Å². The quantitative estimate of drug-likeness (QED) is 0.797. The fourth-order valence-electron chi connectivity index (χ4n) is 5.78. The Balaban J connectivity index is 1.52. The highest BCUT2D eigenvalue weighted by Crippen LogP contribution is 2.50. The lowest BCUT2D eigenvalue weighted by atomic mass is 9.71. The number of carbonyl (C=O) groups excluding carboxylic acids is 2. The highest BCUT2D eigenvalue weighted by molar-refractivity contribution is 6.02. The molecule has 0 unspecified atom stereocenters. The Bertz CT molecular complexity index is 946. The molecule has 162 valence electrons. The van der Waals surface area contributed by atoms with E-state index < -0.39 is 5.54 Å². The van der Waals surface area contributed by atoms with E-state index >= 15 is 0 Å². The van der Waals surface area contributed by atoms with Crippen molar-refractivity contribution in [2.24, 2.45) is 0 Å². The summed E-state index contributed by atoms with van der Waals surface area (Å²) in [5.74, 6) is -0.283. The summed E-state index contributed by atoms with van der Waals surface area (Å²) >= 11 is 0. The van der Waals surface area contributed by atoms with Crippen LogP contribution < -0.4 is 5.32 Å². The molecule has 0 aromatic heterocycles. The molecular weight excluding hydrogens is 388 g/mol. The maximum absolute atomic E-state index is 13.7. The van der Waals surface area contributed by atoms with Crippen molar-refractivity contribution in [3.8, 4) is 0 Å². The van der Waals surface area contributed by atoms with Gasteiger partial charge in [0.1, 0.15) is 0 Å². The van der Waals surface area contributed by atoms with E-state index in [4.69, 9.17) is 4.74 Å². The number of hydrogen-bond donors (Lipinski definition) is 1. The summed E-state index contributed by atoms with van der Waals surface area (Å²) in [6.45, 7) is 1.85. The van der Waals surface area contributed by atoms with Crippen molar-refractivity contribution in [1.29, 1.82) is 0 Å². The largest absolute Gasteiger partial charge is 0.376 e. The van der Waals surface area contributed by atoms with Crippen molar-refractivity contribution in [1.82, 2.24) is 10.2 Å². The molecule has 5 rings (SSSR count). The molecule has 1 saturated carbocycles. The standard InChI is InChI=1S/C26H30N2O3/c29-24(27-17-20-11-8-16-31-20)23-21-12-4-5-13-22(21)25(30)28(26(23)14-6-7-15-26)18-19-9-2-1-3-10-19/h1-5,9-10,12-13,20,23H,6-8,11,14-18H2,(H,27,29)/t20-,23-/m1/s1. The van der Waals surface area contributed by atoms with Crippen LogP contribution in [-0.4, -0.2) is 41.5 Å². The zero-order chi connectivity index (χ0) is 21.3. The molecule has 1 saturated heterocycles. The molecule has 2 fully saturated rings. The number of hydrogen-bond acceptors (Lipinski definition) is 3. The molecule has 5 nitrogen and oxygen atoms in total. The van der Waals surface area contributed by atoms with Crippen LogP contribution in [0, 0.1) is 0 Å². The van der Waals surface area contributed by atoms with Gasteiger partial charge in [0.15, 0.2) is 0 Å². The van der Waals surface area contributed by atoms with Crippen LogP contribution in [0.3, 0.4) is 0 Å². The van der Waals surface area contributed by atoms with Crippen LogP contribution in [0.15, 0.2) is 54.6 Å². The Kier molecular flexibility index (Phi) is 5.53. The zero-order valence-corrected chi connectivity index (χ0v) is 17.9. The smallest absolute Gasteiger partial charge is 0.254 e. The van der Waals surface area contributed by atoms with E-state index in [9.17, 15) is 9.59 Å². The molecule has 3 aliphatic rings. The van der Waals surface area contributed by atoms with Crippen molar-refractivity contribution >= 4 is 11.8 Å². The summed E-state index contributed by atoms with van der Waals surface area (Å²) in [6.07, 6.45) is 5.94. The highest BCUT2D eigenvalue weighted by atomic mass is 16.5. The molecule has 2 heterocycles. The summed E-state index contributed by atoms with van der Waals surface area (Å²) in [5, 5.41) is 3.18. The van der Waals surface area contributed by atoms with Gasteiger partial charge in [-0.2, -0.15) is 0 Å². The van der Waals surface area contributed by atoms with Gasteiger partial charge in [-0.05, 0) is 42.9 Å². The first kappa shape index (κ1) is 20.3. The lowest BCUT2D eigenvalue weighted by molar-refractivity contribution is -0.127. The number of carbonyl (C=O) groups is 2. The van der Waals surface area contributed by atoms with Crippen LogP contribution in [0.1, 0.15) is 65.9 Å². The topological polar surface area (TPSA) is 58.6 Å². The van der Waals surface area contributed by atoms with Crippen LogP contribution in [0.25, 0.3) is 0 Å². The number of benzene rings is 2. The number of nitrogens with one attached hydrogen (secondary N) is 1. The van der Waals surface area contributed by atoms with Crippen molar-refractivity contribution in [2.75, 3.05) is 13.2 Å². The third kappa shape index (κ3) is 3.65. The second-order valence-corrected chi connectivity index (χ2v) is 9.09. The average molecular weight is 419 g/mol. The minimum absolute atomic E-state index is 0.0235. The first-order valence-corrected chi connectivity index (χ1v) is 11.5. The van der Waals surface area contributed by atoms with Crippen LogP contribution in [-0.2, 0) is 16.1 Å². The molecule has 2 aromatic carbocycles. The predicted molar refractivity (Wildman–Crippen MR) is 119 cm³/mol. The van der Waals surface area contributed by atoms with Gasteiger partial charge in [-0.3, -0.25) is 9.59 Å². The molecule has 2 amide bonds. The maximum atomic E-state index is 13.7. The van der Waals surface area contributed by atoms with E-state index in [0.717, 1.165) is 56.3 Å². The molecule has 5 heteroatoms. The van der Waals surface area contributed by atoms with Crippen molar-refractivity contribution in [2.45, 2.75) is 62.6 Å². The Morgan fingerprint density at radius 2 is 1.77 bits per heavy atom. The van der Waals surface area contributed by atoms with E-state index in [-0.39, 0.29) is 23.8 Å². The lowest BCUT2D eigenvalue weighted by Gasteiger charge is -2.50. The first-order valence-electron chi connectivity index (χ1n) is 11.5. The summed E-state index contributed by atoms with van der Waals surface area (Å²) in [5.41, 5.74) is 2.17. The van der Waals surface area contributed by atoms with Gasteiger partial charge < -0.3 is 15.0 Å². The van der Waals surface area contributed by atoms with Gasteiger partial charge in [-0.15, -0.1) is 0 Å². The minimum atomic E-state index is -0.470. The number of rotatable bonds is 5. The van der Waals surface area contributed by atoms with Crippen LogP contribution in [0.5, 0.6) is 0 Å². The van der Waals surface area contributed by atoms with Crippen LogP contribution in [0.2, 0.25) is 0 Å². The summed E-state index contributed by atoms with van der Waals surface area (Å²) in [4.78, 5) is 29.4. The molecule has 2 aliphatic heterocycles. The number of nitrogens with zero attached hydrogens (tertiary/aromatic N) is 1. The van der Waals surface area contributed by atoms with E-state index in [1.807, 2.05) is 47.4 Å². The average Bonchev–Trinajstić information content (AvgIpc) is 3.49. The van der Waals surface area contributed by atoms with Gasteiger partial charge in [-0.25, -0.2) is 0 Å². The Hall–Kier alpha value is -2.66. The third-order valence-corrected chi connectivity index (χ3v) is 7.27. The Labute approximate surface area is 183 Å². The molecule has 31 heavy (non-hydrogen) atoms. The summed E-state index contributed by atoms with van der Waals surface area (Å²) < 4.78 is 5.72. The van der Waals surface area contributed by atoms with E-state index in [0.29, 0.717) is 18.7 Å². The second kappa shape index (κ2) is 8.46. The van der Waals surface area contributed by atoms with Crippen molar-refractivity contribution < 1.29 is 14.3 Å². The predicted octanol–water partition coefficient (Wildman–Crippen LogP) is 4.03. The van der Waals surface area contributed by atoms with Gasteiger partial charge in [0.05, 0.1) is 17.6 Å². The Morgan fingerprint density at radius 1 is 1.03 bits per heavy atom.